The maximum absolute atomic E-state index is 6.41. The van der Waals surface area contributed by atoms with Crippen LogP contribution in [0.15, 0.2) is 22.7 Å². The van der Waals surface area contributed by atoms with Crippen molar-refractivity contribution in [3.05, 3.63) is 33.3 Å². The van der Waals surface area contributed by atoms with E-state index in [4.69, 9.17) is 16.3 Å². The number of benzene rings is 1. The Balaban J connectivity index is 2.12. The van der Waals surface area contributed by atoms with E-state index in [1.807, 2.05) is 6.07 Å². The second-order valence-electron chi connectivity index (χ2n) is 6.56. The smallest absolute Gasteiger partial charge is 0.0619 e. The van der Waals surface area contributed by atoms with Crippen molar-refractivity contribution < 1.29 is 4.74 Å². The Kier molecular flexibility index (Phi) is 6.13. The molecule has 1 aliphatic heterocycles. The molecule has 118 valence electrons. The molecule has 4 heteroatoms. The van der Waals surface area contributed by atoms with E-state index in [1.54, 1.807) is 0 Å². The average Bonchev–Trinajstić information content (AvgIpc) is 2.74. The fraction of sp³-hybridized carbons (Fsp3) is 0.647. The molecule has 0 bridgehead atoms. The highest BCUT2D eigenvalue weighted by atomic mass is 79.9. The van der Waals surface area contributed by atoms with Gasteiger partial charge in [-0.2, -0.15) is 0 Å². The molecular weight excluding hydrogens is 350 g/mol. The predicted molar refractivity (Wildman–Crippen MR) is 93.0 cm³/mol. The first-order chi connectivity index (χ1) is 9.93. The molecule has 2 atom stereocenters. The van der Waals surface area contributed by atoms with Gasteiger partial charge in [0.25, 0.3) is 0 Å². The van der Waals surface area contributed by atoms with Crippen molar-refractivity contribution >= 4 is 27.5 Å². The van der Waals surface area contributed by atoms with Crippen molar-refractivity contribution in [1.82, 2.24) is 5.32 Å². The summed E-state index contributed by atoms with van der Waals surface area (Å²) in [5.41, 5.74) is 1.36. The van der Waals surface area contributed by atoms with Crippen LogP contribution >= 0.6 is 27.5 Å². The van der Waals surface area contributed by atoms with Crippen molar-refractivity contribution in [2.45, 2.75) is 39.7 Å². The zero-order valence-corrected chi connectivity index (χ0v) is 15.4. The Labute approximate surface area is 141 Å². The first-order valence-corrected chi connectivity index (χ1v) is 8.86. The van der Waals surface area contributed by atoms with Gasteiger partial charge in [-0.05, 0) is 49.9 Å². The Hall–Kier alpha value is -0.0900. The summed E-state index contributed by atoms with van der Waals surface area (Å²) in [4.78, 5) is 0. The Morgan fingerprint density at radius 2 is 2.24 bits per heavy atom. The number of hydrogen-bond donors (Lipinski definition) is 1. The summed E-state index contributed by atoms with van der Waals surface area (Å²) in [6.45, 7) is 9.54. The van der Waals surface area contributed by atoms with Crippen LogP contribution in [-0.4, -0.2) is 25.8 Å². The average molecular weight is 375 g/mol. The molecule has 1 fully saturated rings. The van der Waals surface area contributed by atoms with Crippen LogP contribution in [0.5, 0.6) is 0 Å². The lowest BCUT2D eigenvalue weighted by Gasteiger charge is -2.33. The molecule has 0 aromatic heterocycles. The molecule has 1 aliphatic rings. The summed E-state index contributed by atoms with van der Waals surface area (Å²) in [7, 11) is 0. The van der Waals surface area contributed by atoms with E-state index in [9.17, 15) is 0 Å². The summed E-state index contributed by atoms with van der Waals surface area (Å²) < 4.78 is 6.90. The van der Waals surface area contributed by atoms with E-state index in [1.165, 1.54) is 5.56 Å². The summed E-state index contributed by atoms with van der Waals surface area (Å²) in [5, 5.41) is 4.46. The van der Waals surface area contributed by atoms with Crippen molar-refractivity contribution in [2.24, 2.45) is 11.3 Å². The zero-order valence-electron chi connectivity index (χ0n) is 13.1. The Morgan fingerprint density at radius 3 is 2.81 bits per heavy atom. The molecule has 1 aromatic carbocycles. The second-order valence-corrected chi connectivity index (χ2v) is 7.89. The Morgan fingerprint density at radius 1 is 1.48 bits per heavy atom. The minimum atomic E-state index is 0.145. The van der Waals surface area contributed by atoms with Gasteiger partial charge in [0.2, 0.25) is 0 Å². The molecule has 1 heterocycles. The maximum atomic E-state index is 6.41. The van der Waals surface area contributed by atoms with Gasteiger partial charge in [-0.25, -0.2) is 0 Å². The monoisotopic (exact) mass is 373 g/mol. The number of rotatable bonds is 6. The van der Waals surface area contributed by atoms with E-state index in [0.717, 1.165) is 42.0 Å². The highest BCUT2D eigenvalue weighted by Gasteiger charge is 2.41. The molecule has 0 aliphatic carbocycles. The summed E-state index contributed by atoms with van der Waals surface area (Å²) in [5.74, 6) is 0.663. The number of halogens is 2. The molecule has 0 saturated carbocycles. The lowest BCUT2D eigenvalue weighted by Crippen LogP contribution is -2.42. The van der Waals surface area contributed by atoms with Gasteiger partial charge in [-0.15, -0.1) is 0 Å². The number of ether oxygens (including phenoxy) is 1. The molecule has 1 saturated heterocycles. The van der Waals surface area contributed by atoms with Gasteiger partial charge in [0, 0.05) is 28.1 Å². The molecule has 0 spiro atoms. The van der Waals surface area contributed by atoms with Crippen LogP contribution in [0, 0.1) is 11.3 Å². The minimum Gasteiger partial charge on any atom is -0.378 e. The number of hydrogen-bond acceptors (Lipinski definition) is 2. The topological polar surface area (TPSA) is 21.3 Å². The van der Waals surface area contributed by atoms with Gasteiger partial charge in [0.1, 0.15) is 0 Å². The lowest BCUT2D eigenvalue weighted by atomic mass is 9.76. The largest absolute Gasteiger partial charge is 0.378 e. The standard InChI is InChI=1S/C17H25BrClNO/c1-12(2)10-20-11-17(6-7-21-13(17)3)9-14-4-5-15(18)8-16(14)19/h4-5,8,12-13,20H,6-7,9-11H2,1-3H3. The molecule has 1 aromatic rings. The quantitative estimate of drug-likeness (QED) is 0.780. The van der Waals surface area contributed by atoms with Gasteiger partial charge in [-0.1, -0.05) is 47.4 Å². The van der Waals surface area contributed by atoms with Crippen LogP contribution in [0.1, 0.15) is 32.8 Å². The first kappa shape index (κ1) is 17.3. The third-order valence-corrected chi connectivity index (χ3v) is 5.26. The van der Waals surface area contributed by atoms with Crippen molar-refractivity contribution in [1.29, 1.82) is 0 Å². The molecule has 0 amide bonds. The normalized spacial score (nSPS) is 25.7. The Bertz CT molecular complexity index is 480. The van der Waals surface area contributed by atoms with Crippen LogP contribution in [0.25, 0.3) is 0 Å². The van der Waals surface area contributed by atoms with Crippen molar-refractivity contribution in [3.63, 3.8) is 0 Å². The minimum absolute atomic E-state index is 0.145. The number of nitrogens with one attached hydrogen (secondary N) is 1. The summed E-state index contributed by atoms with van der Waals surface area (Å²) in [6.07, 6.45) is 2.31. The SMILES string of the molecule is CC(C)CNCC1(Cc2ccc(Br)cc2Cl)CCOC1C. The van der Waals surface area contributed by atoms with Gasteiger partial charge in [0.05, 0.1) is 6.10 Å². The van der Waals surface area contributed by atoms with Crippen LogP contribution in [0.3, 0.4) is 0 Å². The molecule has 1 N–H and O–H groups in total. The third kappa shape index (κ3) is 4.44. The van der Waals surface area contributed by atoms with Crippen molar-refractivity contribution in [2.75, 3.05) is 19.7 Å². The summed E-state index contributed by atoms with van der Waals surface area (Å²) in [6, 6.07) is 6.17. The van der Waals surface area contributed by atoms with E-state index >= 15 is 0 Å². The van der Waals surface area contributed by atoms with E-state index in [2.05, 4.69) is 54.2 Å². The van der Waals surface area contributed by atoms with Gasteiger partial charge < -0.3 is 10.1 Å². The van der Waals surface area contributed by atoms with Crippen LogP contribution in [0.2, 0.25) is 5.02 Å². The maximum Gasteiger partial charge on any atom is 0.0619 e. The van der Waals surface area contributed by atoms with E-state index in [-0.39, 0.29) is 11.5 Å². The van der Waals surface area contributed by atoms with E-state index < -0.39 is 0 Å². The summed E-state index contributed by atoms with van der Waals surface area (Å²) >= 11 is 9.88. The van der Waals surface area contributed by atoms with Crippen LogP contribution in [-0.2, 0) is 11.2 Å². The fourth-order valence-corrected chi connectivity index (χ4v) is 3.74. The predicted octanol–water partition coefficient (Wildman–Crippen LogP) is 4.69. The molecule has 2 rings (SSSR count). The lowest BCUT2D eigenvalue weighted by molar-refractivity contribution is 0.0627. The molecule has 0 radical (unpaired) electrons. The molecule has 21 heavy (non-hydrogen) atoms. The molecular formula is C17H25BrClNO. The molecule has 2 nitrogen and oxygen atoms in total. The highest BCUT2D eigenvalue weighted by molar-refractivity contribution is 9.10. The van der Waals surface area contributed by atoms with Crippen molar-refractivity contribution in [3.8, 4) is 0 Å². The van der Waals surface area contributed by atoms with Crippen LogP contribution < -0.4 is 5.32 Å². The second kappa shape index (κ2) is 7.45. The van der Waals surface area contributed by atoms with E-state index in [0.29, 0.717) is 5.92 Å². The van der Waals surface area contributed by atoms with Crippen LogP contribution in [0.4, 0.5) is 0 Å². The zero-order chi connectivity index (χ0) is 15.5. The first-order valence-electron chi connectivity index (χ1n) is 7.69. The van der Waals surface area contributed by atoms with Gasteiger partial charge in [0.15, 0.2) is 0 Å². The highest BCUT2D eigenvalue weighted by Crippen LogP contribution is 2.39. The third-order valence-electron chi connectivity index (χ3n) is 4.42. The van der Waals surface area contributed by atoms with Gasteiger partial charge in [-0.3, -0.25) is 0 Å². The fourth-order valence-electron chi connectivity index (χ4n) is 3.00. The van der Waals surface area contributed by atoms with Gasteiger partial charge >= 0.3 is 0 Å². The molecule has 2 unspecified atom stereocenters.